The molecule has 1 unspecified atom stereocenters. The Morgan fingerprint density at radius 3 is 2.20 bits per heavy atom. The average Bonchev–Trinajstić information content (AvgIpc) is 2.39. The van der Waals surface area contributed by atoms with Crippen LogP contribution in [0, 0.1) is 0 Å². The lowest BCUT2D eigenvalue weighted by atomic mass is 9.87. The number of hydrogen-bond acceptors (Lipinski definition) is 3. The van der Waals surface area contributed by atoms with Crippen molar-refractivity contribution in [1.29, 1.82) is 0 Å². The van der Waals surface area contributed by atoms with Crippen molar-refractivity contribution < 1.29 is 8.42 Å². The van der Waals surface area contributed by atoms with Crippen molar-refractivity contribution >= 4 is 22.2 Å². The second kappa shape index (κ2) is 6.46. The minimum Gasteiger partial charge on any atom is -0.315 e. The van der Waals surface area contributed by atoms with Gasteiger partial charge in [-0.1, -0.05) is 32.9 Å². The first-order valence-corrected chi connectivity index (χ1v) is 8.41. The SMILES string of the molecule is CC(C)(C)c1ccc(S(=O)(=O)C2CCCNC2)cc1.Cl. The molecular formula is C15H24ClNO2S. The summed E-state index contributed by atoms with van der Waals surface area (Å²) in [6.45, 7) is 7.88. The van der Waals surface area contributed by atoms with Crippen molar-refractivity contribution in [3.05, 3.63) is 29.8 Å². The first-order chi connectivity index (χ1) is 8.82. The van der Waals surface area contributed by atoms with Crippen molar-refractivity contribution in [2.75, 3.05) is 13.1 Å². The molecule has 1 fully saturated rings. The van der Waals surface area contributed by atoms with Crippen LogP contribution in [0.2, 0.25) is 0 Å². The molecule has 1 aromatic rings. The van der Waals surface area contributed by atoms with E-state index in [2.05, 4.69) is 26.1 Å². The van der Waals surface area contributed by atoms with Crippen LogP contribution in [-0.2, 0) is 15.3 Å². The Bertz CT molecular complexity index is 526. The molecule has 0 amide bonds. The fourth-order valence-electron chi connectivity index (χ4n) is 2.42. The Kier molecular flexibility index (Phi) is 5.64. The number of benzene rings is 1. The Morgan fingerprint density at radius 1 is 1.15 bits per heavy atom. The Hall–Kier alpha value is -0.580. The molecule has 0 spiro atoms. The van der Waals surface area contributed by atoms with E-state index in [1.807, 2.05) is 12.1 Å². The molecule has 1 aromatic carbocycles. The summed E-state index contributed by atoms with van der Waals surface area (Å²) in [6.07, 6.45) is 1.69. The van der Waals surface area contributed by atoms with E-state index in [1.165, 1.54) is 0 Å². The van der Waals surface area contributed by atoms with E-state index in [0.717, 1.165) is 24.9 Å². The van der Waals surface area contributed by atoms with Gasteiger partial charge in [0.05, 0.1) is 10.1 Å². The first kappa shape index (κ1) is 17.5. The molecule has 114 valence electrons. The van der Waals surface area contributed by atoms with Gasteiger partial charge in [-0.25, -0.2) is 8.42 Å². The summed E-state index contributed by atoms with van der Waals surface area (Å²) in [7, 11) is -3.19. The Labute approximate surface area is 128 Å². The number of rotatable bonds is 2. The highest BCUT2D eigenvalue weighted by Crippen LogP contribution is 2.26. The summed E-state index contributed by atoms with van der Waals surface area (Å²) < 4.78 is 25.0. The van der Waals surface area contributed by atoms with Crippen LogP contribution in [-0.4, -0.2) is 26.8 Å². The average molecular weight is 318 g/mol. The predicted molar refractivity (Wildman–Crippen MR) is 85.5 cm³/mol. The molecule has 1 heterocycles. The van der Waals surface area contributed by atoms with E-state index in [-0.39, 0.29) is 23.1 Å². The minimum atomic E-state index is -3.19. The van der Waals surface area contributed by atoms with Crippen molar-refractivity contribution in [3.63, 3.8) is 0 Å². The summed E-state index contributed by atoms with van der Waals surface area (Å²) in [5.74, 6) is 0. The van der Waals surface area contributed by atoms with Crippen LogP contribution in [0.25, 0.3) is 0 Å². The van der Waals surface area contributed by atoms with E-state index in [4.69, 9.17) is 0 Å². The van der Waals surface area contributed by atoms with Crippen LogP contribution in [0.3, 0.4) is 0 Å². The van der Waals surface area contributed by atoms with Gasteiger partial charge >= 0.3 is 0 Å². The maximum atomic E-state index is 12.5. The Morgan fingerprint density at radius 2 is 1.75 bits per heavy atom. The first-order valence-electron chi connectivity index (χ1n) is 6.87. The molecule has 0 aromatic heterocycles. The minimum absolute atomic E-state index is 0. The van der Waals surface area contributed by atoms with Gasteiger partial charge in [-0.05, 0) is 42.5 Å². The zero-order valence-electron chi connectivity index (χ0n) is 12.3. The van der Waals surface area contributed by atoms with Crippen molar-refractivity contribution in [3.8, 4) is 0 Å². The molecule has 5 heteroatoms. The number of piperidine rings is 1. The molecule has 2 rings (SSSR count). The van der Waals surface area contributed by atoms with Crippen LogP contribution in [0.1, 0.15) is 39.2 Å². The zero-order chi connectivity index (χ0) is 14.1. The van der Waals surface area contributed by atoms with E-state index in [1.54, 1.807) is 12.1 Å². The molecule has 0 aliphatic carbocycles. The topological polar surface area (TPSA) is 46.2 Å². The molecule has 0 bridgehead atoms. The van der Waals surface area contributed by atoms with Gasteiger partial charge in [0, 0.05) is 6.54 Å². The molecule has 20 heavy (non-hydrogen) atoms. The lowest BCUT2D eigenvalue weighted by molar-refractivity contribution is 0.496. The van der Waals surface area contributed by atoms with Crippen LogP contribution in [0.4, 0.5) is 0 Å². The van der Waals surface area contributed by atoms with Crippen LogP contribution < -0.4 is 5.32 Å². The largest absolute Gasteiger partial charge is 0.315 e. The molecule has 0 radical (unpaired) electrons. The molecule has 1 atom stereocenters. The quantitative estimate of drug-likeness (QED) is 0.912. The summed E-state index contributed by atoms with van der Waals surface area (Å²) >= 11 is 0. The summed E-state index contributed by atoms with van der Waals surface area (Å²) in [4.78, 5) is 0.453. The molecule has 1 aliphatic heterocycles. The van der Waals surface area contributed by atoms with Gasteiger partial charge in [0.2, 0.25) is 0 Å². The molecule has 1 saturated heterocycles. The smallest absolute Gasteiger partial charge is 0.182 e. The number of hydrogen-bond donors (Lipinski definition) is 1. The summed E-state index contributed by atoms with van der Waals surface area (Å²) in [5, 5.41) is 2.89. The third-order valence-corrected chi connectivity index (χ3v) is 5.95. The van der Waals surface area contributed by atoms with Gasteiger partial charge in [0.1, 0.15) is 0 Å². The molecule has 0 saturated carbocycles. The Balaban J connectivity index is 0.00000200. The highest BCUT2D eigenvalue weighted by molar-refractivity contribution is 7.92. The summed E-state index contributed by atoms with van der Waals surface area (Å²) in [5.41, 5.74) is 1.21. The number of sulfone groups is 1. The predicted octanol–water partition coefficient (Wildman–Crippen LogP) is 2.93. The maximum absolute atomic E-state index is 12.5. The maximum Gasteiger partial charge on any atom is 0.182 e. The fourth-order valence-corrected chi connectivity index (χ4v) is 4.14. The van der Waals surface area contributed by atoms with Gasteiger partial charge in [-0.15, -0.1) is 12.4 Å². The van der Waals surface area contributed by atoms with Crippen molar-refractivity contribution in [2.24, 2.45) is 0 Å². The third-order valence-electron chi connectivity index (χ3n) is 3.74. The van der Waals surface area contributed by atoms with Crippen LogP contribution >= 0.6 is 12.4 Å². The van der Waals surface area contributed by atoms with E-state index in [9.17, 15) is 8.42 Å². The molecule has 1 N–H and O–H groups in total. The normalized spacial score (nSPS) is 20.2. The standard InChI is InChI=1S/C15H23NO2S.ClH/c1-15(2,3)12-6-8-13(9-7-12)19(17,18)14-5-4-10-16-11-14;/h6-9,14,16H,4-5,10-11H2,1-3H3;1H. The number of nitrogens with one attached hydrogen (secondary N) is 1. The van der Waals surface area contributed by atoms with Gasteiger partial charge in [0.15, 0.2) is 9.84 Å². The number of halogens is 1. The van der Waals surface area contributed by atoms with Crippen molar-refractivity contribution in [2.45, 2.75) is 49.2 Å². The molecule has 3 nitrogen and oxygen atoms in total. The van der Waals surface area contributed by atoms with E-state index >= 15 is 0 Å². The highest BCUT2D eigenvalue weighted by atomic mass is 35.5. The second-order valence-corrected chi connectivity index (χ2v) is 8.52. The lowest BCUT2D eigenvalue weighted by Crippen LogP contribution is -2.38. The second-order valence-electron chi connectivity index (χ2n) is 6.29. The zero-order valence-corrected chi connectivity index (χ0v) is 14.0. The fraction of sp³-hybridized carbons (Fsp3) is 0.600. The lowest BCUT2D eigenvalue weighted by Gasteiger charge is -2.23. The van der Waals surface area contributed by atoms with Gasteiger partial charge in [-0.3, -0.25) is 0 Å². The van der Waals surface area contributed by atoms with Crippen LogP contribution in [0.15, 0.2) is 29.2 Å². The summed E-state index contributed by atoms with van der Waals surface area (Å²) in [6, 6.07) is 7.38. The van der Waals surface area contributed by atoms with Crippen LogP contribution in [0.5, 0.6) is 0 Å². The van der Waals surface area contributed by atoms with E-state index < -0.39 is 9.84 Å². The van der Waals surface area contributed by atoms with Gasteiger partial charge in [-0.2, -0.15) is 0 Å². The monoisotopic (exact) mass is 317 g/mol. The van der Waals surface area contributed by atoms with Gasteiger partial charge in [0.25, 0.3) is 0 Å². The van der Waals surface area contributed by atoms with Crippen molar-refractivity contribution in [1.82, 2.24) is 5.32 Å². The third kappa shape index (κ3) is 3.74. The molecule has 1 aliphatic rings. The van der Waals surface area contributed by atoms with Gasteiger partial charge < -0.3 is 5.32 Å². The van der Waals surface area contributed by atoms with E-state index in [0.29, 0.717) is 11.4 Å². The highest BCUT2D eigenvalue weighted by Gasteiger charge is 2.29. The molecular weight excluding hydrogens is 294 g/mol.